The quantitative estimate of drug-likeness (QED) is 0.629. The highest BCUT2D eigenvalue weighted by Crippen LogP contribution is 2.24. The molecule has 0 aromatic carbocycles. The summed E-state index contributed by atoms with van der Waals surface area (Å²) in [6.07, 6.45) is 3.84. The molecule has 14 heavy (non-hydrogen) atoms. The summed E-state index contributed by atoms with van der Waals surface area (Å²) in [6.45, 7) is 5.16. The molecule has 0 radical (unpaired) electrons. The van der Waals surface area contributed by atoms with Crippen LogP contribution in [0.4, 0.5) is 0 Å². The van der Waals surface area contributed by atoms with Gasteiger partial charge in [0.25, 0.3) is 0 Å². The Kier molecular flexibility index (Phi) is 4.57. The summed E-state index contributed by atoms with van der Waals surface area (Å²) in [4.78, 5) is 0. The normalized spacial score (nSPS) is 13.1. The van der Waals surface area contributed by atoms with Crippen LogP contribution in [0.1, 0.15) is 38.4 Å². The number of nitrogens with one attached hydrogen (secondary N) is 1. The monoisotopic (exact) mass is 260 g/mol. The van der Waals surface area contributed by atoms with Crippen molar-refractivity contribution in [2.24, 2.45) is 5.84 Å². The van der Waals surface area contributed by atoms with Crippen LogP contribution in [0.15, 0.2) is 10.7 Å². The molecule has 4 nitrogen and oxygen atoms in total. The third-order valence-corrected chi connectivity index (χ3v) is 2.82. The Labute approximate surface area is 93.0 Å². The molecule has 0 aliphatic rings. The van der Waals surface area contributed by atoms with Gasteiger partial charge in [0.15, 0.2) is 0 Å². The van der Waals surface area contributed by atoms with E-state index in [-0.39, 0.29) is 6.04 Å². The molecule has 3 N–H and O–H groups in total. The number of rotatable bonds is 5. The number of hydrazine groups is 1. The zero-order valence-electron chi connectivity index (χ0n) is 8.63. The minimum absolute atomic E-state index is 0.165. The van der Waals surface area contributed by atoms with Gasteiger partial charge >= 0.3 is 0 Å². The van der Waals surface area contributed by atoms with Crippen LogP contribution in [-0.2, 0) is 6.54 Å². The maximum atomic E-state index is 5.50. The molecular formula is C9H17BrN4. The number of nitrogens with zero attached hydrogens (tertiary/aromatic N) is 2. The molecular weight excluding hydrogens is 244 g/mol. The van der Waals surface area contributed by atoms with Crippen molar-refractivity contribution < 1.29 is 0 Å². The first-order valence-corrected chi connectivity index (χ1v) is 5.71. The van der Waals surface area contributed by atoms with Crippen molar-refractivity contribution in [3.8, 4) is 0 Å². The molecule has 0 saturated carbocycles. The second-order valence-corrected chi connectivity index (χ2v) is 4.08. The van der Waals surface area contributed by atoms with Gasteiger partial charge in [0.05, 0.1) is 22.4 Å². The molecule has 0 saturated heterocycles. The predicted molar refractivity (Wildman–Crippen MR) is 60.6 cm³/mol. The number of hydrogen-bond acceptors (Lipinski definition) is 3. The molecule has 1 unspecified atom stereocenters. The van der Waals surface area contributed by atoms with Crippen LogP contribution in [0.25, 0.3) is 0 Å². The highest BCUT2D eigenvalue weighted by Gasteiger charge is 2.16. The lowest BCUT2D eigenvalue weighted by molar-refractivity contribution is 0.469. The second-order valence-electron chi connectivity index (χ2n) is 3.23. The fourth-order valence-electron chi connectivity index (χ4n) is 1.50. The maximum Gasteiger partial charge on any atom is 0.0709 e. The fraction of sp³-hybridized carbons (Fsp3) is 0.667. The highest BCUT2D eigenvalue weighted by atomic mass is 79.9. The standard InChI is InChI=1S/C9H17BrN4/c1-3-5-14-9(7(10)6-12-14)8(4-2)13-11/h6,8,13H,3-5,11H2,1-2H3. The van der Waals surface area contributed by atoms with E-state index in [1.807, 2.05) is 10.9 Å². The SMILES string of the molecule is CCCn1ncc(Br)c1C(CC)NN. The zero-order valence-corrected chi connectivity index (χ0v) is 10.2. The summed E-state index contributed by atoms with van der Waals surface area (Å²) in [6, 6.07) is 0.165. The topological polar surface area (TPSA) is 55.9 Å². The summed E-state index contributed by atoms with van der Waals surface area (Å²) in [5.41, 5.74) is 3.94. The third-order valence-electron chi connectivity index (χ3n) is 2.21. The summed E-state index contributed by atoms with van der Waals surface area (Å²) in [5, 5.41) is 4.30. The van der Waals surface area contributed by atoms with Gasteiger partial charge in [-0.3, -0.25) is 16.0 Å². The minimum Gasteiger partial charge on any atom is -0.271 e. The summed E-state index contributed by atoms with van der Waals surface area (Å²) >= 11 is 3.49. The first-order valence-electron chi connectivity index (χ1n) is 4.91. The molecule has 1 aromatic rings. The lowest BCUT2D eigenvalue weighted by Gasteiger charge is -2.16. The van der Waals surface area contributed by atoms with Crippen LogP contribution in [-0.4, -0.2) is 9.78 Å². The van der Waals surface area contributed by atoms with Crippen molar-refractivity contribution in [2.45, 2.75) is 39.3 Å². The molecule has 0 bridgehead atoms. The Morgan fingerprint density at radius 3 is 2.86 bits per heavy atom. The van der Waals surface area contributed by atoms with Gasteiger partial charge in [-0.25, -0.2) is 0 Å². The lowest BCUT2D eigenvalue weighted by atomic mass is 10.1. The summed E-state index contributed by atoms with van der Waals surface area (Å²) in [7, 11) is 0. The van der Waals surface area contributed by atoms with Gasteiger partial charge < -0.3 is 0 Å². The Morgan fingerprint density at radius 1 is 1.64 bits per heavy atom. The van der Waals surface area contributed by atoms with Gasteiger partial charge in [-0.1, -0.05) is 13.8 Å². The zero-order chi connectivity index (χ0) is 10.6. The van der Waals surface area contributed by atoms with E-state index in [2.05, 4.69) is 40.3 Å². The Bertz CT molecular complexity index is 280. The summed E-state index contributed by atoms with van der Waals surface area (Å²) < 4.78 is 3.02. The van der Waals surface area contributed by atoms with Crippen LogP contribution in [0.2, 0.25) is 0 Å². The molecule has 0 spiro atoms. The molecule has 0 aliphatic heterocycles. The Morgan fingerprint density at radius 2 is 2.36 bits per heavy atom. The number of nitrogens with two attached hydrogens (primary N) is 1. The van der Waals surface area contributed by atoms with E-state index < -0.39 is 0 Å². The first-order chi connectivity index (χ1) is 6.74. The fourth-order valence-corrected chi connectivity index (χ4v) is 2.07. The largest absolute Gasteiger partial charge is 0.271 e. The molecule has 0 amide bonds. The maximum absolute atomic E-state index is 5.50. The van der Waals surface area contributed by atoms with E-state index in [4.69, 9.17) is 5.84 Å². The van der Waals surface area contributed by atoms with Crippen LogP contribution >= 0.6 is 15.9 Å². The molecule has 1 atom stereocenters. The number of aryl methyl sites for hydroxylation is 1. The van der Waals surface area contributed by atoms with Gasteiger partial charge in [0.2, 0.25) is 0 Å². The average Bonchev–Trinajstić information content (AvgIpc) is 2.53. The van der Waals surface area contributed by atoms with Crippen LogP contribution < -0.4 is 11.3 Å². The van der Waals surface area contributed by atoms with Gasteiger partial charge in [0.1, 0.15) is 0 Å². The van der Waals surface area contributed by atoms with Crippen molar-refractivity contribution in [3.63, 3.8) is 0 Å². The van der Waals surface area contributed by atoms with Crippen molar-refractivity contribution in [1.82, 2.24) is 15.2 Å². The molecule has 1 rings (SSSR count). The molecule has 0 fully saturated rings. The highest BCUT2D eigenvalue weighted by molar-refractivity contribution is 9.10. The molecule has 5 heteroatoms. The van der Waals surface area contributed by atoms with Crippen molar-refractivity contribution in [2.75, 3.05) is 0 Å². The van der Waals surface area contributed by atoms with Crippen molar-refractivity contribution in [1.29, 1.82) is 0 Å². The van der Waals surface area contributed by atoms with E-state index in [1.54, 1.807) is 0 Å². The van der Waals surface area contributed by atoms with Gasteiger partial charge in [-0.2, -0.15) is 5.10 Å². The van der Waals surface area contributed by atoms with Crippen molar-refractivity contribution in [3.05, 3.63) is 16.4 Å². The minimum atomic E-state index is 0.165. The number of halogens is 1. The second kappa shape index (κ2) is 5.48. The van der Waals surface area contributed by atoms with E-state index in [0.29, 0.717) is 0 Å². The Balaban J connectivity index is 2.96. The van der Waals surface area contributed by atoms with E-state index in [0.717, 1.165) is 29.6 Å². The predicted octanol–water partition coefficient (Wildman–Crippen LogP) is 1.97. The molecule has 1 heterocycles. The first kappa shape index (κ1) is 11.7. The van der Waals surface area contributed by atoms with E-state index in [9.17, 15) is 0 Å². The average molecular weight is 261 g/mol. The van der Waals surface area contributed by atoms with E-state index in [1.165, 1.54) is 0 Å². The third kappa shape index (κ3) is 2.34. The molecule has 0 aliphatic carbocycles. The van der Waals surface area contributed by atoms with Crippen LogP contribution in [0.3, 0.4) is 0 Å². The summed E-state index contributed by atoms with van der Waals surface area (Å²) in [5.74, 6) is 5.50. The molecule has 80 valence electrons. The van der Waals surface area contributed by atoms with Crippen molar-refractivity contribution >= 4 is 15.9 Å². The van der Waals surface area contributed by atoms with Gasteiger partial charge in [-0.15, -0.1) is 0 Å². The van der Waals surface area contributed by atoms with Crippen LogP contribution in [0, 0.1) is 0 Å². The number of hydrogen-bond donors (Lipinski definition) is 2. The van der Waals surface area contributed by atoms with E-state index >= 15 is 0 Å². The van der Waals surface area contributed by atoms with Crippen LogP contribution in [0.5, 0.6) is 0 Å². The Hall–Kier alpha value is -0.390. The molecule has 1 aromatic heterocycles. The smallest absolute Gasteiger partial charge is 0.0709 e. The number of aromatic nitrogens is 2. The lowest BCUT2D eigenvalue weighted by Crippen LogP contribution is -2.29. The van der Waals surface area contributed by atoms with Gasteiger partial charge in [0, 0.05) is 6.54 Å². The van der Waals surface area contributed by atoms with Gasteiger partial charge in [-0.05, 0) is 28.8 Å².